The van der Waals surface area contributed by atoms with Crippen LogP contribution in [0.4, 0.5) is 10.5 Å². The van der Waals surface area contributed by atoms with Gasteiger partial charge in [0, 0.05) is 89.3 Å². The number of ether oxygens (including phenoxy) is 3. The number of rotatable bonds is 12. The first kappa shape index (κ1) is 56.1. The van der Waals surface area contributed by atoms with Crippen LogP contribution in [0.15, 0.2) is 59.1 Å². The van der Waals surface area contributed by atoms with Gasteiger partial charge in [0.1, 0.15) is 41.0 Å². The Morgan fingerprint density at radius 3 is 2.51 bits per heavy atom. The van der Waals surface area contributed by atoms with E-state index >= 15 is 9.59 Å². The number of hydrogen-bond acceptors (Lipinski definition) is 17. The van der Waals surface area contributed by atoms with Gasteiger partial charge in [-0.15, -0.1) is 11.3 Å². The quantitative estimate of drug-likeness (QED) is 0.0556. The molecule has 7 aliphatic heterocycles. The monoisotopic (exact) mass is 1170 g/mol. The van der Waals surface area contributed by atoms with Gasteiger partial charge in [0.05, 0.1) is 48.8 Å². The summed E-state index contributed by atoms with van der Waals surface area (Å²) in [5.41, 5.74) is 1.78. The number of nitrogens with one attached hydrogen (secondary N) is 4. The van der Waals surface area contributed by atoms with Crippen molar-refractivity contribution >= 4 is 69.7 Å². The number of carboxylic acids is 1. The predicted molar refractivity (Wildman–Crippen MR) is 300 cm³/mol. The molecule has 8 N–H and O–H groups in total. The molecule has 4 amide bonds. The van der Waals surface area contributed by atoms with E-state index in [2.05, 4.69) is 43.1 Å². The fraction of sp³-hybridized carbons (Fsp3) is 0.552. The molecule has 22 nitrogen and oxygen atoms in total. The minimum atomic E-state index is -2.70. The van der Waals surface area contributed by atoms with Gasteiger partial charge in [-0.1, -0.05) is 38.1 Å². The van der Waals surface area contributed by atoms with E-state index in [1.807, 2.05) is 38.1 Å². The van der Waals surface area contributed by atoms with Crippen LogP contribution in [-0.4, -0.2) is 187 Å². The van der Waals surface area contributed by atoms with Crippen molar-refractivity contribution < 1.29 is 67.6 Å². The molecule has 82 heavy (non-hydrogen) atoms. The Bertz CT molecular complexity index is 3310. The molecule has 4 unspecified atom stereocenters. The Labute approximate surface area is 480 Å². The third-order valence-corrected chi connectivity index (χ3v) is 22.3. The highest BCUT2D eigenvalue weighted by atomic mass is 32.2. The highest BCUT2D eigenvalue weighted by Crippen LogP contribution is 2.68. The van der Waals surface area contributed by atoms with E-state index in [1.54, 1.807) is 29.5 Å². The number of aromatic nitrogens is 1. The number of nitrogens with zero attached hydrogens (tertiary/aromatic N) is 4. The van der Waals surface area contributed by atoms with Crippen molar-refractivity contribution in [3.8, 4) is 5.75 Å². The fourth-order valence-corrected chi connectivity index (χ4v) is 18.8. The largest absolute Gasteiger partial charge is 0.496 e. The van der Waals surface area contributed by atoms with Gasteiger partial charge in [0.25, 0.3) is 11.8 Å². The number of likely N-dealkylation sites (N-methyl/N-ethyl adjacent to an activating group) is 1. The molecule has 0 radical (unpaired) electrons. The number of carbonyl (C=O) groups is 6. The van der Waals surface area contributed by atoms with Crippen molar-refractivity contribution in [1.82, 2.24) is 35.9 Å². The second-order valence-corrected chi connectivity index (χ2v) is 26.3. The molecular weight excluding hydrogens is 1100 g/mol. The molecule has 1 spiro atoms. The number of hydrogen-bond donors (Lipinski definition) is 8. The maximum atomic E-state index is 15.6. The zero-order chi connectivity index (χ0) is 58.0. The Morgan fingerprint density at radius 2 is 1.79 bits per heavy atom. The molecule has 2 aliphatic carbocycles. The number of aliphatic hydroxyl groups excluding tert-OH is 1. The minimum Gasteiger partial charge on any atom is -0.496 e. The summed E-state index contributed by atoms with van der Waals surface area (Å²) in [6.07, 6.45) is 9.00. The third-order valence-electron chi connectivity index (χ3n) is 19.8. The summed E-state index contributed by atoms with van der Waals surface area (Å²) in [5, 5.41) is 52.2. The number of carboxylic acid groups (broad SMARTS) is 1. The highest BCUT2D eigenvalue weighted by Gasteiger charge is 2.79. The number of hydrazine groups is 1. The number of anilines is 1. The average Bonchev–Trinajstić information content (AvgIpc) is 1.57. The van der Waals surface area contributed by atoms with E-state index in [4.69, 9.17) is 14.2 Å². The molecule has 2 aromatic heterocycles. The lowest BCUT2D eigenvalue weighted by Gasteiger charge is -2.63. The molecular formula is C58H70N8O14S2. The van der Waals surface area contributed by atoms with E-state index < -0.39 is 122 Å². The number of aliphatic hydroxyl groups is 3. The molecule has 24 heteroatoms. The zero-order valence-corrected chi connectivity index (χ0v) is 48.1. The molecule has 9 heterocycles. The van der Waals surface area contributed by atoms with Crippen LogP contribution in [0, 0.1) is 11.3 Å². The lowest BCUT2D eigenvalue weighted by molar-refractivity contribution is -0.204. The van der Waals surface area contributed by atoms with Gasteiger partial charge in [-0.3, -0.25) is 43.5 Å². The molecule has 9 aliphatic rings. The molecule has 1 aromatic carbocycles. The molecule has 12 rings (SSSR count). The predicted octanol–water partition coefficient (Wildman–Crippen LogP) is 1.87. The number of fused-ring (bicyclic) bond motifs is 7. The number of benzene rings is 1. The number of piperidine rings is 1. The Hall–Kier alpha value is -6.41. The maximum Gasteiger partial charge on any atom is 0.426 e. The van der Waals surface area contributed by atoms with Gasteiger partial charge in [0.2, 0.25) is 5.91 Å². The van der Waals surface area contributed by atoms with Crippen molar-refractivity contribution in [3.63, 3.8) is 0 Å². The van der Waals surface area contributed by atoms with Gasteiger partial charge in [0.15, 0.2) is 5.60 Å². The SMILES string of the molecule is CC[C@]1(O)CC2CN(CCc3c([nH]c4c3CCC=C4)[C@@](C(=O)OC)(c3cc4c(cc3OC)N(C)[C@@H]3C45CCN4CC=C[C@](CC)([C@H]45)[C@@H](O)[C@]3(O)C(=O)NNC(=O)OCC3=C(C(=O)O)N4C(=O)[C@@H](NC(=O)Cc5cccs5)[C@H]4S(=O)C3)C2)C1. The highest BCUT2D eigenvalue weighted by molar-refractivity contribution is 7.86. The van der Waals surface area contributed by atoms with E-state index in [1.165, 1.54) is 25.6 Å². The number of allylic oxidation sites excluding steroid dienone is 1. The van der Waals surface area contributed by atoms with Gasteiger partial charge in [-0.05, 0) is 104 Å². The molecule has 13 atom stereocenters. The molecule has 4 fully saturated rings. The van der Waals surface area contributed by atoms with Gasteiger partial charge < -0.3 is 49.8 Å². The van der Waals surface area contributed by atoms with E-state index in [0.717, 1.165) is 45.0 Å². The van der Waals surface area contributed by atoms with Crippen molar-refractivity contribution in [2.45, 2.75) is 123 Å². The number of thiophene rings is 1. The van der Waals surface area contributed by atoms with Crippen LogP contribution < -0.4 is 25.8 Å². The topological polar surface area (TPSA) is 293 Å². The summed E-state index contributed by atoms with van der Waals surface area (Å²) < 4.78 is 31.4. The van der Waals surface area contributed by atoms with Crippen LogP contribution in [0.1, 0.15) is 90.9 Å². The number of aliphatic carboxylic acids is 1. The van der Waals surface area contributed by atoms with Gasteiger partial charge in [-0.2, -0.15) is 0 Å². The van der Waals surface area contributed by atoms with Crippen LogP contribution in [-0.2, 0) is 74.3 Å². The van der Waals surface area contributed by atoms with Crippen molar-refractivity contribution in [2.75, 3.05) is 71.3 Å². The van der Waals surface area contributed by atoms with E-state index in [9.17, 15) is 43.8 Å². The Morgan fingerprint density at radius 1 is 0.988 bits per heavy atom. The number of β-lactam (4-membered cyclic amide) rings is 1. The zero-order valence-electron chi connectivity index (χ0n) is 46.5. The summed E-state index contributed by atoms with van der Waals surface area (Å²) in [6, 6.07) is 4.43. The van der Waals surface area contributed by atoms with Crippen LogP contribution >= 0.6 is 11.3 Å². The Kier molecular flexibility index (Phi) is 14.0. The number of aromatic amines is 1. The maximum absolute atomic E-state index is 15.6. The lowest BCUT2D eigenvalue weighted by atomic mass is 9.47. The molecule has 1 saturated carbocycles. The number of methoxy groups -OCH3 is 2. The molecule has 3 saturated heterocycles. The molecule has 2 bridgehead atoms. The first-order valence-corrected chi connectivity index (χ1v) is 30.4. The summed E-state index contributed by atoms with van der Waals surface area (Å²) in [6.45, 7) is 5.97. The Balaban J connectivity index is 0.890. The number of H-pyrrole nitrogens is 1. The van der Waals surface area contributed by atoms with Gasteiger partial charge >= 0.3 is 18.0 Å². The van der Waals surface area contributed by atoms with Crippen LogP contribution in [0.25, 0.3) is 6.08 Å². The summed E-state index contributed by atoms with van der Waals surface area (Å²) >= 11 is 1.35. The van der Waals surface area contributed by atoms with Crippen LogP contribution in [0.3, 0.4) is 0 Å². The van der Waals surface area contributed by atoms with Crippen molar-refractivity contribution in [3.05, 3.63) is 97.7 Å². The van der Waals surface area contributed by atoms with Crippen LogP contribution in [0.2, 0.25) is 0 Å². The smallest absolute Gasteiger partial charge is 0.426 e. The number of amides is 4. The molecule has 3 aromatic rings. The molecule has 438 valence electrons. The lowest BCUT2D eigenvalue weighted by Crippen LogP contribution is -2.82. The van der Waals surface area contributed by atoms with E-state index in [-0.39, 0.29) is 30.8 Å². The third kappa shape index (κ3) is 8.12. The summed E-state index contributed by atoms with van der Waals surface area (Å²) in [4.78, 5) is 95.0. The normalized spacial score (nSPS) is 34.8. The second-order valence-electron chi connectivity index (χ2n) is 23.8. The summed E-state index contributed by atoms with van der Waals surface area (Å²) in [7, 11) is 2.74. The first-order chi connectivity index (χ1) is 39.2. The van der Waals surface area contributed by atoms with E-state index in [0.29, 0.717) is 81.1 Å². The first-order valence-electron chi connectivity index (χ1n) is 28.2. The summed E-state index contributed by atoms with van der Waals surface area (Å²) in [5.74, 6) is -4.79. The van der Waals surface area contributed by atoms with Gasteiger partial charge in [-0.25, -0.2) is 15.0 Å². The van der Waals surface area contributed by atoms with Crippen LogP contribution in [0.5, 0.6) is 5.75 Å². The van der Waals surface area contributed by atoms with Crippen molar-refractivity contribution in [2.24, 2.45) is 11.3 Å². The average molecular weight is 1170 g/mol. The number of esters is 1. The second kappa shape index (κ2) is 20.4. The van der Waals surface area contributed by atoms with Crippen molar-refractivity contribution in [1.29, 1.82) is 0 Å². The number of carbonyl (C=O) groups excluding carboxylic acids is 5. The minimum absolute atomic E-state index is 0.0258. The standard InChI is InChI=1S/C58H70N8O14S2/c1-6-54(75)25-31-26-57(52(73)79-5,44-35(15-19-64(27-31)30-54)34-13-8-9-14-38(34)59-44)37-23-36-39(24-40(37)78-4)63(3)49-56(36)17-20-65-18-11-16-55(7-2,48(56)65)50(71)58(49,76)51(72)61-62-53(74)80-28-32-29-82(77)46-42(45(68)66(46)43(32)47(69)70)60-41(67)22-33-12-10-21-81-33/h9-12,14,16,21,23-24,31,42,46,48-50,59,71,75-76H,6-8,13,15,17-20,22,25-30H2,1-5H3,(H,60,67)(H,61,72)(H,62,74)(H,69,70)/t31?,42-,46-,48+,49-,50-,54+,55-,56?,57+,58+,82?/m1/s1. The fourth-order valence-electron chi connectivity index (χ4n) is 16.5.